The number of aromatic nitrogens is 1. The molecular weight excluding hydrogens is 331 g/mol. The van der Waals surface area contributed by atoms with Crippen LogP contribution in [-0.4, -0.2) is 46.4 Å². The van der Waals surface area contributed by atoms with E-state index >= 15 is 0 Å². The van der Waals surface area contributed by atoms with Crippen LogP contribution in [0.4, 0.5) is 4.79 Å². The van der Waals surface area contributed by atoms with E-state index in [1.165, 1.54) is 0 Å². The molecule has 0 unspecified atom stereocenters. The number of amides is 1. The highest BCUT2D eigenvalue weighted by atomic mass is 16.7. The predicted molar refractivity (Wildman–Crippen MR) is 100 cm³/mol. The first-order valence-corrected chi connectivity index (χ1v) is 9.19. The number of hydrogen-bond acceptors (Lipinski definition) is 5. The predicted octanol–water partition coefficient (Wildman–Crippen LogP) is 2.67. The summed E-state index contributed by atoms with van der Waals surface area (Å²) in [6, 6.07) is 2.04. The van der Waals surface area contributed by atoms with Crippen molar-refractivity contribution in [3.63, 3.8) is 0 Å². The molecule has 0 bridgehead atoms. The second kappa shape index (κ2) is 6.24. The second-order valence-electron chi connectivity index (χ2n) is 9.11. The fourth-order valence-electron chi connectivity index (χ4n) is 3.04. The first-order valence-electron chi connectivity index (χ1n) is 9.19. The lowest BCUT2D eigenvalue weighted by Gasteiger charge is -2.32. The third-order valence-corrected chi connectivity index (χ3v) is 5.24. The first kappa shape index (κ1) is 19.2. The van der Waals surface area contributed by atoms with Gasteiger partial charge in [-0.2, -0.15) is 0 Å². The molecule has 2 aliphatic rings. The Morgan fingerprint density at radius 3 is 2.42 bits per heavy atom. The van der Waals surface area contributed by atoms with Crippen LogP contribution in [0, 0.1) is 0 Å². The van der Waals surface area contributed by atoms with Crippen LogP contribution in [0.5, 0.6) is 0 Å². The van der Waals surface area contributed by atoms with Gasteiger partial charge in [0.15, 0.2) is 0 Å². The van der Waals surface area contributed by atoms with Gasteiger partial charge in [0.25, 0.3) is 0 Å². The Morgan fingerprint density at radius 2 is 1.85 bits per heavy atom. The minimum absolute atomic E-state index is 0.288. The highest BCUT2D eigenvalue weighted by Gasteiger charge is 2.52. The van der Waals surface area contributed by atoms with E-state index in [1.807, 2.05) is 60.7 Å². The molecule has 0 radical (unpaired) electrons. The smallest absolute Gasteiger partial charge is 0.444 e. The van der Waals surface area contributed by atoms with E-state index in [0.717, 1.165) is 23.1 Å². The third kappa shape index (κ3) is 3.74. The summed E-state index contributed by atoms with van der Waals surface area (Å²) in [6.07, 6.45) is 2.26. The average molecular weight is 360 g/mol. The Balaban J connectivity index is 1.77. The molecule has 0 N–H and O–H groups in total. The molecule has 0 aliphatic carbocycles. The molecule has 1 aromatic heterocycles. The summed E-state index contributed by atoms with van der Waals surface area (Å²) in [6.45, 7) is 14.9. The van der Waals surface area contributed by atoms with E-state index < -0.39 is 23.9 Å². The number of nitrogens with zero attached hydrogens (tertiary/aromatic N) is 2. The molecule has 1 fully saturated rings. The summed E-state index contributed by atoms with van der Waals surface area (Å²) in [4.78, 5) is 18.7. The monoisotopic (exact) mass is 360 g/mol. The van der Waals surface area contributed by atoms with Crippen LogP contribution < -0.4 is 5.46 Å². The standard InChI is InChI=1S/C19H29BN2O4/c1-17(2,3)24-16(23)22-9-8-15-13(12-22)10-14(11-21-15)20-25-18(4,5)19(6,7)26-20/h10-11H,8-9,12H2,1-7H3. The summed E-state index contributed by atoms with van der Waals surface area (Å²) in [5, 5.41) is 0. The highest BCUT2D eigenvalue weighted by Crippen LogP contribution is 2.36. The van der Waals surface area contributed by atoms with Crippen LogP contribution in [-0.2, 0) is 27.0 Å². The first-order chi connectivity index (χ1) is 11.9. The molecular formula is C19H29BN2O4. The third-order valence-electron chi connectivity index (χ3n) is 5.24. The van der Waals surface area contributed by atoms with Gasteiger partial charge in [-0.25, -0.2) is 4.79 Å². The van der Waals surface area contributed by atoms with Crippen molar-refractivity contribution in [2.75, 3.05) is 6.54 Å². The zero-order valence-electron chi connectivity index (χ0n) is 16.9. The van der Waals surface area contributed by atoms with E-state index in [0.29, 0.717) is 13.1 Å². The molecule has 1 amide bonds. The van der Waals surface area contributed by atoms with Crippen molar-refractivity contribution in [1.29, 1.82) is 0 Å². The fraction of sp³-hybridized carbons (Fsp3) is 0.684. The summed E-state index contributed by atoms with van der Waals surface area (Å²) in [5.41, 5.74) is 1.64. The van der Waals surface area contributed by atoms with Gasteiger partial charge < -0.3 is 18.9 Å². The van der Waals surface area contributed by atoms with Crippen LogP contribution in [0.2, 0.25) is 0 Å². The van der Waals surface area contributed by atoms with Crippen LogP contribution in [0.3, 0.4) is 0 Å². The Bertz CT molecular complexity index is 696. The van der Waals surface area contributed by atoms with Gasteiger partial charge in [-0.15, -0.1) is 0 Å². The molecule has 0 saturated carbocycles. The van der Waals surface area contributed by atoms with Gasteiger partial charge in [0.05, 0.1) is 17.7 Å². The molecule has 0 aromatic carbocycles. The quantitative estimate of drug-likeness (QED) is 0.721. The Labute approximate surface area is 156 Å². The zero-order valence-corrected chi connectivity index (χ0v) is 16.9. The second-order valence-corrected chi connectivity index (χ2v) is 9.11. The molecule has 3 heterocycles. The molecule has 1 saturated heterocycles. The maximum absolute atomic E-state index is 12.4. The van der Waals surface area contributed by atoms with Crippen LogP contribution >= 0.6 is 0 Å². The molecule has 3 rings (SSSR count). The number of hydrogen-bond donors (Lipinski definition) is 0. The summed E-state index contributed by atoms with van der Waals surface area (Å²) in [7, 11) is -0.449. The molecule has 2 aliphatic heterocycles. The van der Waals surface area contributed by atoms with Crippen molar-refractivity contribution in [1.82, 2.24) is 9.88 Å². The van der Waals surface area contributed by atoms with Crippen LogP contribution in [0.25, 0.3) is 0 Å². The fourth-order valence-corrected chi connectivity index (χ4v) is 3.04. The molecule has 142 valence electrons. The Morgan fingerprint density at radius 1 is 1.23 bits per heavy atom. The molecule has 1 aromatic rings. The SMILES string of the molecule is CC(C)(C)OC(=O)N1CCc2ncc(B3OC(C)(C)C(C)(C)O3)cc2C1. The zero-order chi connectivity index (χ0) is 19.3. The van der Waals surface area contributed by atoms with Crippen molar-refractivity contribution in [2.24, 2.45) is 0 Å². The van der Waals surface area contributed by atoms with Gasteiger partial charge in [0.2, 0.25) is 0 Å². The summed E-state index contributed by atoms with van der Waals surface area (Å²) < 4.78 is 17.7. The normalized spacial score (nSPS) is 21.5. The van der Waals surface area contributed by atoms with Crippen LogP contribution in [0.1, 0.15) is 59.7 Å². The molecule has 0 atom stereocenters. The van der Waals surface area contributed by atoms with Gasteiger partial charge >= 0.3 is 13.2 Å². The maximum Gasteiger partial charge on any atom is 0.496 e. The highest BCUT2D eigenvalue weighted by molar-refractivity contribution is 6.62. The van der Waals surface area contributed by atoms with E-state index in [1.54, 1.807) is 4.90 Å². The van der Waals surface area contributed by atoms with Gasteiger partial charge in [0, 0.05) is 30.3 Å². The largest absolute Gasteiger partial charge is 0.496 e. The van der Waals surface area contributed by atoms with Gasteiger partial charge in [-0.3, -0.25) is 4.98 Å². The minimum atomic E-state index is -0.500. The molecule has 0 spiro atoms. The van der Waals surface area contributed by atoms with E-state index in [2.05, 4.69) is 4.98 Å². The number of ether oxygens (including phenoxy) is 1. The topological polar surface area (TPSA) is 60.9 Å². The maximum atomic E-state index is 12.4. The number of pyridine rings is 1. The number of carbonyl (C=O) groups excluding carboxylic acids is 1. The summed E-state index contributed by atoms with van der Waals surface area (Å²) >= 11 is 0. The van der Waals surface area contributed by atoms with E-state index in [-0.39, 0.29) is 6.09 Å². The van der Waals surface area contributed by atoms with Crippen molar-refractivity contribution in [3.8, 4) is 0 Å². The van der Waals surface area contributed by atoms with Gasteiger partial charge in [-0.05, 0) is 54.0 Å². The Kier molecular flexibility index (Phi) is 4.60. The Hall–Kier alpha value is -1.60. The molecule has 6 nitrogen and oxygen atoms in total. The minimum Gasteiger partial charge on any atom is -0.444 e. The van der Waals surface area contributed by atoms with Gasteiger partial charge in [-0.1, -0.05) is 6.07 Å². The lowest BCUT2D eigenvalue weighted by molar-refractivity contribution is 0.00578. The number of rotatable bonds is 1. The lowest BCUT2D eigenvalue weighted by Crippen LogP contribution is -2.41. The van der Waals surface area contributed by atoms with Crippen molar-refractivity contribution >= 4 is 18.7 Å². The van der Waals surface area contributed by atoms with Crippen molar-refractivity contribution < 1.29 is 18.8 Å². The molecule has 7 heteroatoms. The van der Waals surface area contributed by atoms with Crippen molar-refractivity contribution in [3.05, 3.63) is 23.5 Å². The molecule has 26 heavy (non-hydrogen) atoms. The number of fused-ring (bicyclic) bond motifs is 1. The van der Waals surface area contributed by atoms with E-state index in [4.69, 9.17) is 14.0 Å². The van der Waals surface area contributed by atoms with Gasteiger partial charge in [0.1, 0.15) is 5.60 Å². The lowest BCUT2D eigenvalue weighted by atomic mass is 9.79. The summed E-state index contributed by atoms with van der Waals surface area (Å²) in [5.74, 6) is 0. The van der Waals surface area contributed by atoms with E-state index in [9.17, 15) is 4.79 Å². The van der Waals surface area contributed by atoms with Crippen LogP contribution in [0.15, 0.2) is 12.3 Å². The van der Waals surface area contributed by atoms with Crippen molar-refractivity contribution in [2.45, 2.75) is 78.2 Å². The average Bonchev–Trinajstić information content (AvgIpc) is 2.72. The number of carbonyl (C=O) groups is 1.